The average Bonchev–Trinajstić information content (AvgIpc) is 2.87. The first-order chi connectivity index (χ1) is 10.1. The predicted molar refractivity (Wildman–Crippen MR) is 86.5 cm³/mol. The molecule has 1 aliphatic carbocycles. The van der Waals surface area contributed by atoms with Gasteiger partial charge >= 0.3 is 0 Å². The highest BCUT2D eigenvalue weighted by Crippen LogP contribution is 2.44. The summed E-state index contributed by atoms with van der Waals surface area (Å²) in [7, 11) is 3.69. The number of aromatic nitrogens is 1. The maximum absolute atomic E-state index is 6.22. The molecule has 1 aliphatic rings. The molecule has 0 aliphatic heterocycles. The molecule has 1 aromatic heterocycles. The molecule has 1 fully saturated rings. The van der Waals surface area contributed by atoms with Crippen molar-refractivity contribution in [1.29, 1.82) is 0 Å². The zero-order chi connectivity index (χ0) is 15.3. The Morgan fingerprint density at radius 1 is 1.38 bits per heavy atom. The smallest absolute Gasteiger partial charge is 0.125 e. The summed E-state index contributed by atoms with van der Waals surface area (Å²) in [5, 5.41) is 4.37. The van der Waals surface area contributed by atoms with E-state index in [0.29, 0.717) is 6.61 Å². The number of nitrogens with zero attached hydrogens (tertiary/aromatic N) is 1. The van der Waals surface area contributed by atoms with Crippen LogP contribution in [0.5, 0.6) is 0 Å². The van der Waals surface area contributed by atoms with E-state index in [1.807, 2.05) is 7.05 Å². The summed E-state index contributed by atoms with van der Waals surface area (Å²) < 4.78 is 11.5. The third-order valence-electron chi connectivity index (χ3n) is 4.29. The van der Waals surface area contributed by atoms with Gasteiger partial charge < -0.3 is 14.8 Å². The second-order valence-corrected chi connectivity index (χ2v) is 7.05. The number of nitrogens with one attached hydrogen (secondary N) is 1. The van der Waals surface area contributed by atoms with E-state index in [2.05, 4.69) is 19.2 Å². The Morgan fingerprint density at radius 2 is 2.10 bits per heavy atom. The monoisotopic (exact) mass is 312 g/mol. The molecule has 0 atom stereocenters. The molecule has 1 aromatic rings. The van der Waals surface area contributed by atoms with E-state index < -0.39 is 0 Å². The Labute approximate surface area is 132 Å². The molecule has 0 bridgehead atoms. The predicted octanol–water partition coefficient (Wildman–Crippen LogP) is 3.45. The van der Waals surface area contributed by atoms with Gasteiger partial charge in [0, 0.05) is 25.1 Å². The molecule has 0 saturated heterocycles. The van der Waals surface area contributed by atoms with Crippen molar-refractivity contribution in [3.05, 3.63) is 15.6 Å². The van der Waals surface area contributed by atoms with Crippen molar-refractivity contribution < 1.29 is 9.47 Å². The van der Waals surface area contributed by atoms with Crippen LogP contribution in [0.3, 0.4) is 0 Å². The highest BCUT2D eigenvalue weighted by molar-refractivity contribution is 7.11. The van der Waals surface area contributed by atoms with Gasteiger partial charge in [0.05, 0.1) is 12.3 Å². The highest BCUT2D eigenvalue weighted by atomic mass is 32.1. The maximum Gasteiger partial charge on any atom is 0.125 e. The lowest BCUT2D eigenvalue weighted by Gasteiger charge is -2.37. The van der Waals surface area contributed by atoms with Crippen LogP contribution < -0.4 is 5.32 Å². The normalized spacial score (nSPS) is 26.2. The van der Waals surface area contributed by atoms with Crippen molar-refractivity contribution in [2.24, 2.45) is 5.92 Å². The zero-order valence-electron chi connectivity index (χ0n) is 13.7. The molecule has 0 spiro atoms. The summed E-state index contributed by atoms with van der Waals surface area (Å²) in [6.07, 6.45) is 4.61. The molecule has 1 saturated carbocycles. The fraction of sp³-hybridized carbons (Fsp3) is 0.812. The maximum atomic E-state index is 6.22. The molecule has 120 valence electrons. The zero-order valence-corrected chi connectivity index (χ0v) is 14.5. The largest absolute Gasteiger partial charge is 0.378 e. The lowest BCUT2D eigenvalue weighted by molar-refractivity contribution is -0.0777. The number of thiazole rings is 1. The summed E-state index contributed by atoms with van der Waals surface area (Å²) in [5.74, 6) is 0.800. The van der Waals surface area contributed by atoms with E-state index in [4.69, 9.17) is 14.5 Å². The van der Waals surface area contributed by atoms with Crippen molar-refractivity contribution in [3.8, 4) is 0 Å². The van der Waals surface area contributed by atoms with Gasteiger partial charge in [0.25, 0.3) is 0 Å². The van der Waals surface area contributed by atoms with Crippen LogP contribution in [0.1, 0.15) is 55.1 Å². The van der Waals surface area contributed by atoms with Crippen LogP contribution in [0.4, 0.5) is 0 Å². The standard InChI is InChI=1S/C16H28N2O2S/c1-5-20-16(8-6-12(2)7-9-16)15-18-13(11-19-4)14(21-15)10-17-3/h12,17H,5-11H2,1-4H3. The minimum atomic E-state index is -0.166. The van der Waals surface area contributed by atoms with Crippen LogP contribution in [0.25, 0.3) is 0 Å². The Kier molecular flexibility index (Phi) is 6.17. The topological polar surface area (TPSA) is 43.4 Å². The number of methoxy groups -OCH3 is 1. The van der Waals surface area contributed by atoms with Gasteiger partial charge in [-0.15, -0.1) is 11.3 Å². The molecule has 5 heteroatoms. The van der Waals surface area contributed by atoms with Crippen LogP contribution in [-0.4, -0.2) is 25.7 Å². The molecule has 0 aromatic carbocycles. The SMILES string of the molecule is CCOC1(c2nc(COC)c(CNC)s2)CCC(C)CC1. The molecule has 21 heavy (non-hydrogen) atoms. The van der Waals surface area contributed by atoms with Crippen LogP contribution in [0.2, 0.25) is 0 Å². The Morgan fingerprint density at radius 3 is 2.67 bits per heavy atom. The first-order valence-electron chi connectivity index (χ1n) is 7.91. The fourth-order valence-electron chi connectivity index (χ4n) is 3.05. The van der Waals surface area contributed by atoms with Crippen molar-refractivity contribution in [2.75, 3.05) is 20.8 Å². The van der Waals surface area contributed by atoms with Gasteiger partial charge in [0.15, 0.2) is 0 Å². The van der Waals surface area contributed by atoms with Gasteiger partial charge in [0.2, 0.25) is 0 Å². The van der Waals surface area contributed by atoms with E-state index >= 15 is 0 Å². The molecule has 4 nitrogen and oxygen atoms in total. The molecule has 1 heterocycles. The van der Waals surface area contributed by atoms with E-state index in [1.165, 1.54) is 17.7 Å². The summed E-state index contributed by atoms with van der Waals surface area (Å²) in [6.45, 7) is 6.58. The van der Waals surface area contributed by atoms with Gasteiger partial charge in [-0.1, -0.05) is 6.92 Å². The lowest BCUT2D eigenvalue weighted by Crippen LogP contribution is -2.34. The third-order valence-corrected chi connectivity index (χ3v) is 5.57. The van der Waals surface area contributed by atoms with E-state index in [9.17, 15) is 0 Å². The quantitative estimate of drug-likeness (QED) is 0.837. The molecule has 0 unspecified atom stereocenters. The lowest BCUT2D eigenvalue weighted by atomic mass is 9.79. The molecule has 1 N–H and O–H groups in total. The Bertz CT molecular complexity index is 416. The third kappa shape index (κ3) is 3.83. The molecular weight excluding hydrogens is 284 g/mol. The number of ether oxygens (including phenoxy) is 2. The summed E-state index contributed by atoms with van der Waals surface area (Å²) in [5.41, 5.74) is 0.894. The van der Waals surface area contributed by atoms with Crippen molar-refractivity contribution in [1.82, 2.24) is 10.3 Å². The minimum absolute atomic E-state index is 0.166. The van der Waals surface area contributed by atoms with Crippen molar-refractivity contribution in [3.63, 3.8) is 0 Å². The van der Waals surface area contributed by atoms with Crippen LogP contribution >= 0.6 is 11.3 Å². The second-order valence-electron chi connectivity index (χ2n) is 5.96. The second kappa shape index (κ2) is 7.68. The van der Waals surface area contributed by atoms with Crippen molar-refractivity contribution in [2.45, 2.75) is 58.3 Å². The molecular formula is C16H28N2O2S. The van der Waals surface area contributed by atoms with Gasteiger partial charge in [-0.05, 0) is 45.6 Å². The van der Waals surface area contributed by atoms with Crippen LogP contribution in [0.15, 0.2) is 0 Å². The van der Waals surface area contributed by atoms with Gasteiger partial charge in [-0.25, -0.2) is 4.98 Å². The van der Waals surface area contributed by atoms with E-state index in [1.54, 1.807) is 18.4 Å². The minimum Gasteiger partial charge on any atom is -0.378 e. The van der Waals surface area contributed by atoms with E-state index in [-0.39, 0.29) is 5.60 Å². The number of hydrogen-bond donors (Lipinski definition) is 1. The first-order valence-corrected chi connectivity index (χ1v) is 8.73. The summed E-state index contributed by atoms with van der Waals surface area (Å²) in [4.78, 5) is 6.16. The van der Waals surface area contributed by atoms with E-state index in [0.717, 1.165) is 42.6 Å². The summed E-state index contributed by atoms with van der Waals surface area (Å²) in [6, 6.07) is 0. The fourth-order valence-corrected chi connectivity index (χ4v) is 4.33. The molecule has 2 rings (SSSR count). The number of rotatable bonds is 7. The average molecular weight is 312 g/mol. The molecule has 0 radical (unpaired) electrons. The van der Waals surface area contributed by atoms with Crippen LogP contribution in [0, 0.1) is 5.92 Å². The van der Waals surface area contributed by atoms with Gasteiger partial charge in [-0.2, -0.15) is 0 Å². The van der Waals surface area contributed by atoms with Gasteiger partial charge in [0.1, 0.15) is 10.6 Å². The highest BCUT2D eigenvalue weighted by Gasteiger charge is 2.39. The first kappa shape index (κ1) is 16.9. The van der Waals surface area contributed by atoms with Crippen molar-refractivity contribution >= 4 is 11.3 Å². The summed E-state index contributed by atoms with van der Waals surface area (Å²) >= 11 is 1.79. The number of hydrogen-bond acceptors (Lipinski definition) is 5. The van der Waals surface area contributed by atoms with Gasteiger partial charge in [-0.3, -0.25) is 0 Å². The van der Waals surface area contributed by atoms with Crippen LogP contribution in [-0.2, 0) is 28.2 Å². The molecule has 0 amide bonds. The Hall–Kier alpha value is -0.490. The Balaban J connectivity index is 2.29.